The lowest BCUT2D eigenvalue weighted by molar-refractivity contribution is -1.02. The van der Waals surface area contributed by atoms with Gasteiger partial charge in [-0.1, -0.05) is 24.3 Å². The number of rotatable bonds is 5. The average Bonchev–Trinajstić information content (AvgIpc) is 3.17. The normalized spacial score (nSPS) is 21.9. The van der Waals surface area contributed by atoms with Gasteiger partial charge in [-0.05, 0) is 31.5 Å². The van der Waals surface area contributed by atoms with Crippen molar-refractivity contribution in [3.05, 3.63) is 53.6 Å². The van der Waals surface area contributed by atoms with E-state index >= 15 is 0 Å². The van der Waals surface area contributed by atoms with Crippen molar-refractivity contribution >= 4 is 11.6 Å². The van der Waals surface area contributed by atoms with E-state index in [9.17, 15) is 4.79 Å². The second-order valence-corrected chi connectivity index (χ2v) is 7.79. The molecular formula is C22H29N3O3+2. The van der Waals surface area contributed by atoms with Crippen LogP contribution >= 0.6 is 0 Å². The lowest BCUT2D eigenvalue weighted by atomic mass is 10.1. The van der Waals surface area contributed by atoms with Gasteiger partial charge in [-0.3, -0.25) is 4.79 Å². The monoisotopic (exact) mass is 383 g/mol. The molecule has 2 aliphatic rings. The summed E-state index contributed by atoms with van der Waals surface area (Å²) in [6.45, 7) is 9.70. The van der Waals surface area contributed by atoms with Gasteiger partial charge in [0.25, 0.3) is 5.91 Å². The van der Waals surface area contributed by atoms with E-state index in [1.165, 1.54) is 16.0 Å². The lowest BCUT2D eigenvalue weighted by Gasteiger charge is -2.32. The summed E-state index contributed by atoms with van der Waals surface area (Å²) in [5.74, 6) is 1.46. The van der Waals surface area contributed by atoms with Crippen LogP contribution in [-0.4, -0.2) is 44.9 Å². The maximum Gasteiger partial charge on any atom is 0.282 e. The Morgan fingerprint density at radius 2 is 1.82 bits per heavy atom. The molecule has 0 aromatic heterocycles. The Morgan fingerprint density at radius 3 is 2.61 bits per heavy atom. The lowest BCUT2D eigenvalue weighted by Crippen LogP contribution is -3.29. The number of quaternary nitrogens is 2. The zero-order chi connectivity index (χ0) is 19.5. The topological polar surface area (TPSA) is 56.4 Å². The van der Waals surface area contributed by atoms with Crippen LogP contribution < -0.4 is 24.6 Å². The Balaban J connectivity index is 1.29. The third kappa shape index (κ3) is 4.13. The first-order valence-electron chi connectivity index (χ1n) is 10.0. The summed E-state index contributed by atoms with van der Waals surface area (Å²) in [5.41, 5.74) is 3.54. The minimum absolute atomic E-state index is 0.0521. The molecule has 0 bridgehead atoms. The highest BCUT2D eigenvalue weighted by molar-refractivity contribution is 5.93. The number of amides is 1. The van der Waals surface area contributed by atoms with E-state index in [-0.39, 0.29) is 18.7 Å². The molecule has 28 heavy (non-hydrogen) atoms. The van der Waals surface area contributed by atoms with Gasteiger partial charge >= 0.3 is 0 Å². The minimum Gasteiger partial charge on any atom is -0.454 e. The molecule has 2 aromatic carbocycles. The first-order valence-corrected chi connectivity index (χ1v) is 10.0. The van der Waals surface area contributed by atoms with E-state index < -0.39 is 0 Å². The Labute approximate surface area is 166 Å². The van der Waals surface area contributed by atoms with Gasteiger partial charge in [-0.15, -0.1) is 0 Å². The summed E-state index contributed by atoms with van der Waals surface area (Å²) in [5, 5.41) is 3.03. The smallest absolute Gasteiger partial charge is 0.282 e. The molecule has 4 rings (SSSR count). The Morgan fingerprint density at radius 1 is 1.07 bits per heavy atom. The molecule has 0 saturated carbocycles. The van der Waals surface area contributed by atoms with E-state index in [1.54, 1.807) is 4.90 Å². The van der Waals surface area contributed by atoms with Crippen LogP contribution in [0.5, 0.6) is 11.5 Å². The van der Waals surface area contributed by atoms with Crippen molar-refractivity contribution in [2.75, 3.05) is 38.3 Å². The number of ether oxygens (including phenoxy) is 2. The molecule has 0 radical (unpaired) electrons. The number of carbonyl (C=O) groups excluding carboxylic acids is 1. The fraction of sp³-hybridized carbons (Fsp3) is 0.409. The second-order valence-electron chi connectivity index (χ2n) is 7.79. The molecule has 0 unspecified atom stereocenters. The predicted octanol–water partition coefficient (Wildman–Crippen LogP) is 0.0343. The highest BCUT2D eigenvalue weighted by Crippen LogP contribution is 2.34. The van der Waals surface area contributed by atoms with Crippen LogP contribution in [0.25, 0.3) is 0 Å². The third-order valence-corrected chi connectivity index (χ3v) is 5.95. The number of nitrogens with one attached hydrogen (secondary N) is 3. The fourth-order valence-electron chi connectivity index (χ4n) is 4.02. The van der Waals surface area contributed by atoms with Gasteiger partial charge in [0.15, 0.2) is 17.5 Å². The molecule has 2 aliphatic heterocycles. The van der Waals surface area contributed by atoms with E-state index in [1.807, 2.05) is 25.1 Å². The van der Waals surface area contributed by atoms with Crippen molar-refractivity contribution in [3.63, 3.8) is 0 Å². The van der Waals surface area contributed by atoms with Gasteiger partial charge < -0.3 is 24.6 Å². The van der Waals surface area contributed by atoms with Crippen molar-refractivity contribution in [2.24, 2.45) is 0 Å². The Hall–Kier alpha value is -2.57. The minimum atomic E-state index is -0.0783. The van der Waals surface area contributed by atoms with E-state index in [2.05, 4.69) is 36.5 Å². The summed E-state index contributed by atoms with van der Waals surface area (Å²) >= 11 is 0. The summed E-state index contributed by atoms with van der Waals surface area (Å²) in [6, 6.07) is 14.1. The zero-order valence-electron chi connectivity index (χ0n) is 16.6. The number of anilines is 1. The molecule has 0 aliphatic carbocycles. The number of fused-ring (bicyclic) bond motifs is 1. The number of carbonyl (C=O) groups is 1. The molecule has 3 N–H and O–H groups in total. The van der Waals surface area contributed by atoms with Crippen molar-refractivity contribution < 1.29 is 24.1 Å². The van der Waals surface area contributed by atoms with E-state index in [0.29, 0.717) is 5.75 Å². The molecule has 6 nitrogen and oxygen atoms in total. The van der Waals surface area contributed by atoms with Crippen molar-refractivity contribution in [1.29, 1.82) is 0 Å². The standard InChI is InChI=1S/C22H27N3O3/c1-16-5-3-4-6-18(16)14-24-9-11-25(12-10-24)17(2)22(26)23-19-7-8-20-21(13-19)28-15-27-20/h3-8,13,17H,9-12,14-15H2,1-2H3,(H,23,26)/p+2/t17-/m0/s1. The molecule has 6 heteroatoms. The Bertz CT molecular complexity index is 847. The predicted molar refractivity (Wildman–Crippen MR) is 107 cm³/mol. The van der Waals surface area contributed by atoms with Crippen LogP contribution in [0.2, 0.25) is 0 Å². The third-order valence-electron chi connectivity index (χ3n) is 5.95. The maximum atomic E-state index is 12.7. The number of hydrogen-bond donors (Lipinski definition) is 3. The van der Waals surface area contributed by atoms with Crippen molar-refractivity contribution in [3.8, 4) is 11.5 Å². The highest BCUT2D eigenvalue weighted by Gasteiger charge is 2.31. The van der Waals surface area contributed by atoms with Gasteiger partial charge in [-0.25, -0.2) is 0 Å². The summed E-state index contributed by atoms with van der Waals surface area (Å²) in [7, 11) is 0. The number of hydrogen-bond acceptors (Lipinski definition) is 3. The summed E-state index contributed by atoms with van der Waals surface area (Å²) in [6.07, 6.45) is 0. The molecule has 148 valence electrons. The molecule has 1 saturated heterocycles. The summed E-state index contributed by atoms with van der Waals surface area (Å²) < 4.78 is 10.7. The van der Waals surface area contributed by atoms with Crippen LogP contribution in [0.1, 0.15) is 18.1 Å². The van der Waals surface area contributed by atoms with Gasteiger partial charge in [0.05, 0.1) is 0 Å². The molecule has 2 aromatic rings. The quantitative estimate of drug-likeness (QED) is 0.683. The Kier molecular flexibility index (Phi) is 5.50. The molecule has 1 amide bonds. The number of aryl methyl sites for hydroxylation is 1. The maximum absolute atomic E-state index is 12.7. The second kappa shape index (κ2) is 8.20. The van der Waals surface area contributed by atoms with Crippen molar-refractivity contribution in [1.82, 2.24) is 0 Å². The first kappa shape index (κ1) is 18.8. The number of benzene rings is 2. The van der Waals surface area contributed by atoms with Crippen molar-refractivity contribution in [2.45, 2.75) is 26.4 Å². The highest BCUT2D eigenvalue weighted by atomic mass is 16.7. The number of piperazine rings is 1. The van der Waals surface area contributed by atoms with Crippen LogP contribution in [0.4, 0.5) is 5.69 Å². The zero-order valence-corrected chi connectivity index (χ0v) is 16.6. The van der Waals surface area contributed by atoms with E-state index in [4.69, 9.17) is 9.47 Å². The summed E-state index contributed by atoms with van der Waals surface area (Å²) in [4.78, 5) is 15.7. The van der Waals surface area contributed by atoms with E-state index in [0.717, 1.165) is 44.2 Å². The first-order chi connectivity index (χ1) is 13.6. The van der Waals surface area contributed by atoms with Crippen LogP contribution in [0, 0.1) is 6.92 Å². The molecule has 0 spiro atoms. The van der Waals surface area contributed by atoms with Gasteiger partial charge in [0.2, 0.25) is 6.79 Å². The van der Waals surface area contributed by atoms with Crippen LogP contribution in [-0.2, 0) is 11.3 Å². The molecule has 1 fully saturated rings. The van der Waals surface area contributed by atoms with Gasteiger partial charge in [0, 0.05) is 17.3 Å². The fourth-order valence-corrected chi connectivity index (χ4v) is 4.02. The SMILES string of the molecule is Cc1ccccc1C[NH+]1CC[NH+]([C@@H](C)C(=O)Nc2ccc3c(c2)OCO3)CC1. The molecule has 1 atom stereocenters. The van der Waals surface area contributed by atoms with Crippen LogP contribution in [0.15, 0.2) is 42.5 Å². The van der Waals surface area contributed by atoms with Gasteiger partial charge in [-0.2, -0.15) is 0 Å². The molecular weight excluding hydrogens is 354 g/mol. The van der Waals surface area contributed by atoms with Crippen LogP contribution in [0.3, 0.4) is 0 Å². The molecule has 2 heterocycles. The average molecular weight is 383 g/mol. The van der Waals surface area contributed by atoms with Gasteiger partial charge in [0.1, 0.15) is 32.7 Å². The largest absolute Gasteiger partial charge is 0.454 e.